The maximum absolute atomic E-state index is 11.6. The third-order valence-corrected chi connectivity index (χ3v) is 4.31. The van der Waals surface area contributed by atoms with E-state index in [4.69, 9.17) is 5.11 Å². The highest BCUT2D eigenvalue weighted by molar-refractivity contribution is 6.00. The fourth-order valence-electron chi connectivity index (χ4n) is 3.12. The second-order valence-electron chi connectivity index (χ2n) is 4.89. The van der Waals surface area contributed by atoms with Crippen LogP contribution >= 0.6 is 0 Å². The van der Waals surface area contributed by atoms with Crippen LogP contribution in [0.1, 0.15) is 39.5 Å². The smallest absolute Gasteiger partial charge is 0.163 e. The molecule has 2 unspecified atom stereocenters. The molecule has 2 aliphatic carbocycles. The summed E-state index contributed by atoms with van der Waals surface area (Å²) in [4.78, 5) is 11.6. The number of fused-ring (bicyclic) bond motifs is 1. The summed E-state index contributed by atoms with van der Waals surface area (Å²) in [7, 11) is 0. The predicted octanol–water partition coefficient (Wildman–Crippen LogP) is 2.60. The fourth-order valence-corrected chi connectivity index (χ4v) is 3.12. The van der Waals surface area contributed by atoms with Gasteiger partial charge in [0.1, 0.15) is 0 Å². The van der Waals surface area contributed by atoms with Crippen LogP contribution in [-0.4, -0.2) is 10.9 Å². The Morgan fingerprint density at radius 1 is 1.38 bits per heavy atom. The zero-order chi connectivity index (χ0) is 9.69. The fraction of sp³-hybridized carbons (Fsp3) is 0.727. The van der Waals surface area contributed by atoms with Crippen molar-refractivity contribution in [1.29, 1.82) is 0 Å². The topological polar surface area (TPSA) is 37.3 Å². The molecule has 72 valence electrons. The average molecular weight is 180 g/mol. The number of Topliss-reactive ketones (excluding diaryl/α,β-unsaturated/α-hetero) is 1. The molecule has 0 aromatic heterocycles. The van der Waals surface area contributed by atoms with Crippen LogP contribution in [0, 0.1) is 10.8 Å². The van der Waals surface area contributed by atoms with Crippen molar-refractivity contribution in [3.63, 3.8) is 0 Å². The number of hydrogen-bond acceptors (Lipinski definition) is 2. The maximum Gasteiger partial charge on any atom is 0.163 e. The highest BCUT2D eigenvalue weighted by Gasteiger charge is 2.58. The lowest BCUT2D eigenvalue weighted by Gasteiger charge is -2.33. The predicted molar refractivity (Wildman–Crippen MR) is 50.4 cm³/mol. The standard InChI is InChI=1S/C11H16O2/c1-10-4-3-5-11(10,2)8(7-12)9(13)6-10/h7,12H,3-6H2,1-2H3/b8-7-. The van der Waals surface area contributed by atoms with Crippen molar-refractivity contribution in [2.24, 2.45) is 10.8 Å². The van der Waals surface area contributed by atoms with Crippen LogP contribution in [0.25, 0.3) is 0 Å². The lowest BCUT2D eigenvalue weighted by molar-refractivity contribution is -0.115. The summed E-state index contributed by atoms with van der Waals surface area (Å²) in [5.74, 6) is 0.146. The van der Waals surface area contributed by atoms with Gasteiger partial charge < -0.3 is 5.11 Å². The first-order chi connectivity index (χ1) is 6.03. The van der Waals surface area contributed by atoms with Gasteiger partial charge in [0, 0.05) is 17.4 Å². The van der Waals surface area contributed by atoms with Gasteiger partial charge in [-0.1, -0.05) is 20.3 Å². The van der Waals surface area contributed by atoms with Crippen LogP contribution in [0.3, 0.4) is 0 Å². The molecule has 0 bridgehead atoms. The van der Waals surface area contributed by atoms with Gasteiger partial charge in [0.2, 0.25) is 0 Å². The second-order valence-corrected chi connectivity index (χ2v) is 4.89. The average Bonchev–Trinajstić information content (AvgIpc) is 2.37. The summed E-state index contributed by atoms with van der Waals surface area (Å²) in [5.41, 5.74) is 0.713. The number of rotatable bonds is 0. The normalized spacial score (nSPS) is 47.2. The number of aliphatic hydroxyl groups is 1. The lowest BCUT2D eigenvalue weighted by atomic mass is 9.69. The molecule has 1 N–H and O–H groups in total. The molecular formula is C11H16O2. The van der Waals surface area contributed by atoms with Crippen molar-refractivity contribution >= 4 is 5.78 Å². The second kappa shape index (κ2) is 2.37. The summed E-state index contributed by atoms with van der Waals surface area (Å²) in [6, 6.07) is 0. The van der Waals surface area contributed by atoms with Crippen LogP contribution in [0.15, 0.2) is 11.8 Å². The molecule has 2 heteroatoms. The highest BCUT2D eigenvalue weighted by atomic mass is 16.2. The Bertz CT molecular complexity index is 292. The molecular weight excluding hydrogens is 164 g/mol. The van der Waals surface area contributed by atoms with E-state index in [1.165, 1.54) is 6.42 Å². The summed E-state index contributed by atoms with van der Waals surface area (Å²) in [6.45, 7) is 4.29. The van der Waals surface area contributed by atoms with Crippen molar-refractivity contribution in [2.45, 2.75) is 39.5 Å². The molecule has 0 heterocycles. The molecule has 0 aliphatic heterocycles. The minimum atomic E-state index is -0.0567. The summed E-state index contributed by atoms with van der Waals surface area (Å²) < 4.78 is 0. The number of hydrogen-bond donors (Lipinski definition) is 1. The number of aliphatic hydroxyl groups excluding tert-OH is 1. The van der Waals surface area contributed by atoms with Crippen LogP contribution in [0.5, 0.6) is 0 Å². The number of allylic oxidation sites excluding steroid dienone is 1. The number of ketones is 1. The van der Waals surface area contributed by atoms with Crippen molar-refractivity contribution < 1.29 is 9.90 Å². The summed E-state index contributed by atoms with van der Waals surface area (Å²) in [6.07, 6.45) is 5.00. The third-order valence-electron chi connectivity index (χ3n) is 4.31. The number of carbonyl (C=O) groups excluding carboxylic acids is 1. The summed E-state index contributed by atoms with van der Waals surface area (Å²) in [5, 5.41) is 9.08. The van der Waals surface area contributed by atoms with Gasteiger partial charge in [-0.15, -0.1) is 0 Å². The largest absolute Gasteiger partial charge is 0.515 e. The zero-order valence-electron chi connectivity index (χ0n) is 8.26. The van der Waals surface area contributed by atoms with Gasteiger partial charge >= 0.3 is 0 Å². The first kappa shape index (κ1) is 8.79. The van der Waals surface area contributed by atoms with Gasteiger partial charge in [-0.05, 0) is 18.3 Å². The first-order valence-electron chi connectivity index (χ1n) is 4.92. The van der Waals surface area contributed by atoms with Crippen LogP contribution < -0.4 is 0 Å². The van der Waals surface area contributed by atoms with Crippen molar-refractivity contribution in [3.8, 4) is 0 Å². The molecule has 0 aromatic rings. The lowest BCUT2D eigenvalue weighted by Crippen LogP contribution is -2.27. The Hall–Kier alpha value is -0.790. The van der Waals surface area contributed by atoms with E-state index in [1.54, 1.807) is 0 Å². The van der Waals surface area contributed by atoms with E-state index in [-0.39, 0.29) is 16.6 Å². The quantitative estimate of drug-likeness (QED) is 0.459. The van der Waals surface area contributed by atoms with Crippen LogP contribution in [-0.2, 0) is 4.79 Å². The molecule has 2 atom stereocenters. The van der Waals surface area contributed by atoms with Gasteiger partial charge in [-0.2, -0.15) is 0 Å². The molecule has 13 heavy (non-hydrogen) atoms. The molecule has 0 amide bonds. The first-order valence-corrected chi connectivity index (χ1v) is 4.92. The Morgan fingerprint density at radius 3 is 2.69 bits per heavy atom. The minimum absolute atomic E-state index is 0.0567. The molecule has 0 radical (unpaired) electrons. The van der Waals surface area contributed by atoms with E-state index < -0.39 is 0 Å². The molecule has 0 spiro atoms. The zero-order valence-corrected chi connectivity index (χ0v) is 8.26. The van der Waals surface area contributed by atoms with E-state index in [9.17, 15) is 4.79 Å². The third kappa shape index (κ3) is 0.862. The van der Waals surface area contributed by atoms with Gasteiger partial charge in [-0.3, -0.25) is 4.79 Å². The van der Waals surface area contributed by atoms with Gasteiger partial charge in [0.15, 0.2) is 5.78 Å². The molecule has 2 nitrogen and oxygen atoms in total. The Kier molecular flexibility index (Phi) is 1.60. The monoisotopic (exact) mass is 180 g/mol. The Labute approximate surface area is 78.6 Å². The van der Waals surface area contributed by atoms with Gasteiger partial charge in [0.25, 0.3) is 0 Å². The van der Waals surface area contributed by atoms with E-state index in [1.807, 2.05) is 0 Å². The Balaban J connectivity index is 2.51. The van der Waals surface area contributed by atoms with Gasteiger partial charge in [-0.25, -0.2) is 0 Å². The maximum atomic E-state index is 11.6. The van der Waals surface area contributed by atoms with E-state index >= 15 is 0 Å². The number of carbonyl (C=O) groups is 1. The molecule has 0 aromatic carbocycles. The Morgan fingerprint density at radius 2 is 2.08 bits per heavy atom. The SMILES string of the molecule is CC12CCCC1(C)/C(=C\O)C(=O)C2. The van der Waals surface area contributed by atoms with E-state index in [0.29, 0.717) is 12.0 Å². The highest BCUT2D eigenvalue weighted by Crippen LogP contribution is 2.63. The molecule has 2 aliphatic rings. The summed E-state index contributed by atoms with van der Waals surface area (Å²) >= 11 is 0. The van der Waals surface area contributed by atoms with Crippen molar-refractivity contribution in [2.75, 3.05) is 0 Å². The van der Waals surface area contributed by atoms with Crippen LogP contribution in [0.2, 0.25) is 0 Å². The van der Waals surface area contributed by atoms with Gasteiger partial charge in [0.05, 0.1) is 6.26 Å². The molecule has 2 saturated carbocycles. The molecule has 2 rings (SSSR count). The van der Waals surface area contributed by atoms with E-state index in [2.05, 4.69) is 13.8 Å². The molecule has 2 fully saturated rings. The molecule has 0 saturated heterocycles. The van der Waals surface area contributed by atoms with Crippen molar-refractivity contribution in [3.05, 3.63) is 11.8 Å². The van der Waals surface area contributed by atoms with Crippen LogP contribution in [0.4, 0.5) is 0 Å². The van der Waals surface area contributed by atoms with Crippen molar-refractivity contribution in [1.82, 2.24) is 0 Å². The minimum Gasteiger partial charge on any atom is -0.515 e. The van der Waals surface area contributed by atoms with E-state index in [0.717, 1.165) is 19.1 Å².